The van der Waals surface area contributed by atoms with Gasteiger partial charge in [-0.1, -0.05) is 25.5 Å². The first-order chi connectivity index (χ1) is 10.5. The molecule has 0 radical (unpaired) electrons. The van der Waals surface area contributed by atoms with E-state index in [0.29, 0.717) is 18.9 Å². The molecule has 1 amide bonds. The summed E-state index contributed by atoms with van der Waals surface area (Å²) in [6.07, 6.45) is 1.47. The Balaban J connectivity index is 2.41. The molecule has 6 heteroatoms. The lowest BCUT2D eigenvalue weighted by Crippen LogP contribution is -2.34. The van der Waals surface area contributed by atoms with Crippen LogP contribution < -0.4 is 10.1 Å². The van der Waals surface area contributed by atoms with Crippen LogP contribution >= 0.6 is 0 Å². The predicted octanol–water partition coefficient (Wildman–Crippen LogP) is 1.97. The summed E-state index contributed by atoms with van der Waals surface area (Å²) in [4.78, 5) is 22.3. The molecule has 0 bridgehead atoms. The summed E-state index contributed by atoms with van der Waals surface area (Å²) in [5, 5.41) is 11.4. The maximum absolute atomic E-state index is 11.9. The van der Waals surface area contributed by atoms with Gasteiger partial charge < -0.3 is 19.9 Å². The molecule has 1 atom stereocenters. The van der Waals surface area contributed by atoms with Gasteiger partial charge in [-0.3, -0.25) is 4.79 Å². The molecule has 22 heavy (non-hydrogen) atoms. The Hall–Kier alpha value is -2.08. The quantitative estimate of drug-likeness (QED) is 0.645. The first kappa shape index (κ1) is 18.0. The fourth-order valence-corrected chi connectivity index (χ4v) is 1.70. The lowest BCUT2D eigenvalue weighted by molar-refractivity contribution is -0.139. The van der Waals surface area contributed by atoms with Crippen LogP contribution in [-0.4, -0.2) is 36.3 Å². The fourth-order valence-electron chi connectivity index (χ4n) is 1.70. The molecule has 1 aromatic rings. The Morgan fingerprint density at radius 3 is 2.82 bits per heavy atom. The highest BCUT2D eigenvalue weighted by atomic mass is 16.5. The second-order valence-corrected chi connectivity index (χ2v) is 4.91. The number of carboxylic acids is 1. The minimum absolute atomic E-state index is 0.173. The van der Waals surface area contributed by atoms with Gasteiger partial charge in [0.05, 0.1) is 0 Å². The van der Waals surface area contributed by atoms with Gasteiger partial charge in [0.15, 0.2) is 6.61 Å². The number of ether oxygens (including phenoxy) is 2. The van der Waals surface area contributed by atoms with Crippen molar-refractivity contribution in [1.82, 2.24) is 5.32 Å². The molecule has 0 saturated heterocycles. The minimum atomic E-state index is -1.03. The molecule has 6 nitrogen and oxygen atoms in total. The second-order valence-electron chi connectivity index (χ2n) is 4.91. The standard InChI is InChI=1S/C16H23NO5/c1-3-4-8-21-12(2)16(20)17-10-13-6-5-7-14(9-13)22-11-15(18)19/h5-7,9,12H,3-4,8,10-11H2,1-2H3,(H,17,20)(H,18,19). The van der Waals surface area contributed by atoms with Crippen LogP contribution in [0.3, 0.4) is 0 Å². The van der Waals surface area contributed by atoms with Crippen LogP contribution in [0.1, 0.15) is 32.3 Å². The molecule has 0 aliphatic rings. The van der Waals surface area contributed by atoms with E-state index < -0.39 is 18.7 Å². The van der Waals surface area contributed by atoms with Crippen LogP contribution in [0.25, 0.3) is 0 Å². The molecule has 0 aliphatic carbocycles. The molecule has 0 heterocycles. The van der Waals surface area contributed by atoms with E-state index in [1.54, 1.807) is 25.1 Å². The minimum Gasteiger partial charge on any atom is -0.482 e. The molecule has 2 N–H and O–H groups in total. The topological polar surface area (TPSA) is 84.9 Å². The van der Waals surface area contributed by atoms with Crippen molar-refractivity contribution in [3.05, 3.63) is 29.8 Å². The number of carbonyl (C=O) groups excluding carboxylic acids is 1. The Morgan fingerprint density at radius 2 is 2.14 bits per heavy atom. The number of unbranched alkanes of at least 4 members (excludes halogenated alkanes) is 1. The zero-order valence-electron chi connectivity index (χ0n) is 13.0. The number of nitrogens with one attached hydrogen (secondary N) is 1. The Labute approximate surface area is 130 Å². The molecule has 1 rings (SSSR count). The van der Waals surface area contributed by atoms with Crippen LogP contribution in [-0.2, 0) is 20.9 Å². The van der Waals surface area contributed by atoms with Gasteiger partial charge in [0.1, 0.15) is 11.9 Å². The lowest BCUT2D eigenvalue weighted by Gasteiger charge is -2.13. The zero-order chi connectivity index (χ0) is 16.4. The number of rotatable bonds is 10. The Kier molecular flexibility index (Phi) is 7.99. The third-order valence-corrected chi connectivity index (χ3v) is 2.96. The average Bonchev–Trinajstić information content (AvgIpc) is 2.51. The Morgan fingerprint density at radius 1 is 1.36 bits per heavy atom. The highest BCUT2D eigenvalue weighted by Crippen LogP contribution is 2.13. The lowest BCUT2D eigenvalue weighted by atomic mass is 10.2. The van der Waals surface area contributed by atoms with Crippen molar-refractivity contribution in [3.63, 3.8) is 0 Å². The Bertz CT molecular complexity index is 489. The van der Waals surface area contributed by atoms with Crippen molar-refractivity contribution in [2.24, 2.45) is 0 Å². The van der Waals surface area contributed by atoms with Gasteiger partial charge in [-0.15, -0.1) is 0 Å². The predicted molar refractivity (Wildman–Crippen MR) is 81.7 cm³/mol. The maximum Gasteiger partial charge on any atom is 0.341 e. The summed E-state index contributed by atoms with van der Waals surface area (Å²) in [5.41, 5.74) is 0.831. The SMILES string of the molecule is CCCCOC(C)C(=O)NCc1cccc(OCC(=O)O)c1. The van der Waals surface area contributed by atoms with Crippen molar-refractivity contribution < 1.29 is 24.2 Å². The molecule has 0 fully saturated rings. The number of aliphatic carboxylic acids is 1. The highest BCUT2D eigenvalue weighted by molar-refractivity contribution is 5.80. The van der Waals surface area contributed by atoms with Gasteiger partial charge >= 0.3 is 5.97 Å². The first-order valence-electron chi connectivity index (χ1n) is 7.35. The largest absolute Gasteiger partial charge is 0.482 e. The maximum atomic E-state index is 11.9. The van der Waals surface area contributed by atoms with Crippen molar-refractivity contribution in [3.8, 4) is 5.75 Å². The van der Waals surface area contributed by atoms with Gasteiger partial charge in [0.25, 0.3) is 0 Å². The first-order valence-corrected chi connectivity index (χ1v) is 7.35. The molecular formula is C16H23NO5. The van der Waals surface area contributed by atoms with E-state index >= 15 is 0 Å². The molecular weight excluding hydrogens is 286 g/mol. The second kappa shape index (κ2) is 9.78. The summed E-state index contributed by atoms with van der Waals surface area (Å²) in [6.45, 7) is 4.30. The van der Waals surface area contributed by atoms with E-state index in [0.717, 1.165) is 18.4 Å². The number of carboxylic acid groups (broad SMARTS) is 1. The molecule has 0 aliphatic heterocycles. The van der Waals surface area contributed by atoms with E-state index in [2.05, 4.69) is 12.2 Å². The number of hydrogen-bond donors (Lipinski definition) is 2. The van der Waals surface area contributed by atoms with Gasteiger partial charge in [-0.25, -0.2) is 4.79 Å². The van der Waals surface area contributed by atoms with Crippen LogP contribution in [0.2, 0.25) is 0 Å². The van der Waals surface area contributed by atoms with E-state index in [4.69, 9.17) is 14.6 Å². The van der Waals surface area contributed by atoms with E-state index in [1.165, 1.54) is 0 Å². The zero-order valence-corrected chi connectivity index (χ0v) is 13.0. The van der Waals surface area contributed by atoms with Crippen LogP contribution in [0.5, 0.6) is 5.75 Å². The smallest absolute Gasteiger partial charge is 0.341 e. The van der Waals surface area contributed by atoms with Gasteiger partial charge in [-0.2, -0.15) is 0 Å². The highest BCUT2D eigenvalue weighted by Gasteiger charge is 2.12. The third-order valence-electron chi connectivity index (χ3n) is 2.96. The van der Waals surface area contributed by atoms with E-state index in [1.807, 2.05) is 6.07 Å². The molecule has 0 spiro atoms. The molecule has 0 saturated carbocycles. The van der Waals surface area contributed by atoms with Crippen molar-refractivity contribution >= 4 is 11.9 Å². The average molecular weight is 309 g/mol. The fraction of sp³-hybridized carbons (Fsp3) is 0.500. The monoisotopic (exact) mass is 309 g/mol. The summed E-state index contributed by atoms with van der Waals surface area (Å²) >= 11 is 0. The van der Waals surface area contributed by atoms with Crippen LogP contribution in [0.15, 0.2) is 24.3 Å². The molecule has 0 aromatic heterocycles. The molecule has 1 unspecified atom stereocenters. The summed E-state index contributed by atoms with van der Waals surface area (Å²) in [6, 6.07) is 6.95. The summed E-state index contributed by atoms with van der Waals surface area (Å²) < 4.78 is 10.5. The number of benzene rings is 1. The van der Waals surface area contributed by atoms with E-state index in [9.17, 15) is 9.59 Å². The molecule has 1 aromatic carbocycles. The summed E-state index contributed by atoms with van der Waals surface area (Å²) in [7, 11) is 0. The normalized spacial score (nSPS) is 11.7. The van der Waals surface area contributed by atoms with E-state index in [-0.39, 0.29) is 5.91 Å². The number of carbonyl (C=O) groups is 2. The van der Waals surface area contributed by atoms with Crippen LogP contribution in [0, 0.1) is 0 Å². The van der Waals surface area contributed by atoms with Gasteiger partial charge in [-0.05, 0) is 31.0 Å². The van der Waals surface area contributed by atoms with Gasteiger partial charge in [0.2, 0.25) is 5.91 Å². The van der Waals surface area contributed by atoms with Gasteiger partial charge in [0, 0.05) is 13.2 Å². The van der Waals surface area contributed by atoms with Crippen molar-refractivity contribution in [2.45, 2.75) is 39.3 Å². The van der Waals surface area contributed by atoms with Crippen LogP contribution in [0.4, 0.5) is 0 Å². The summed E-state index contributed by atoms with van der Waals surface area (Å²) in [5.74, 6) is -0.744. The third kappa shape index (κ3) is 7.08. The number of hydrogen-bond acceptors (Lipinski definition) is 4. The number of amides is 1. The molecule has 122 valence electrons. The van der Waals surface area contributed by atoms with Crippen molar-refractivity contribution in [1.29, 1.82) is 0 Å². The van der Waals surface area contributed by atoms with Crippen molar-refractivity contribution in [2.75, 3.05) is 13.2 Å².